The molecule has 2 aromatic rings. The minimum absolute atomic E-state index is 0.124. The zero-order valence-corrected chi connectivity index (χ0v) is 14.2. The van der Waals surface area contributed by atoms with Crippen molar-refractivity contribution in [3.05, 3.63) is 71.8 Å². The summed E-state index contributed by atoms with van der Waals surface area (Å²) < 4.78 is 18.0. The quantitative estimate of drug-likeness (QED) is 0.765. The zero-order chi connectivity index (χ0) is 17.5. The van der Waals surface area contributed by atoms with Crippen LogP contribution in [-0.2, 0) is 27.4 Å². The average molecular weight is 343 g/mol. The first-order valence-electron chi connectivity index (χ1n) is 8.59. The molecule has 1 saturated heterocycles. The van der Waals surface area contributed by atoms with Gasteiger partial charge in [-0.15, -0.1) is 0 Å². The molecule has 1 aliphatic rings. The Morgan fingerprint density at radius 3 is 1.72 bits per heavy atom. The first-order valence-corrected chi connectivity index (χ1v) is 8.59. The topological polar surface area (TPSA) is 73.9 Å². The van der Waals surface area contributed by atoms with Gasteiger partial charge in [0.05, 0.1) is 25.9 Å². The SMILES string of the molecule is NC[C@@H]1O[C@@H](CO)[C@@H](OCc2ccccc2)[C@@H]1OCc1ccccc1. The molecule has 0 spiro atoms. The fraction of sp³-hybridized carbons (Fsp3) is 0.400. The second-order valence-corrected chi connectivity index (χ2v) is 6.15. The average Bonchev–Trinajstić information content (AvgIpc) is 3.03. The molecule has 0 unspecified atom stereocenters. The normalized spacial score (nSPS) is 26.0. The van der Waals surface area contributed by atoms with Crippen LogP contribution in [0, 0.1) is 0 Å². The Morgan fingerprint density at radius 2 is 1.28 bits per heavy atom. The van der Waals surface area contributed by atoms with Crippen LogP contribution >= 0.6 is 0 Å². The molecule has 5 heteroatoms. The summed E-state index contributed by atoms with van der Waals surface area (Å²) in [4.78, 5) is 0. The molecule has 4 atom stereocenters. The van der Waals surface area contributed by atoms with Crippen LogP contribution in [0.2, 0.25) is 0 Å². The minimum atomic E-state index is -0.432. The Morgan fingerprint density at radius 1 is 0.800 bits per heavy atom. The third-order valence-electron chi connectivity index (χ3n) is 4.39. The molecule has 2 aromatic carbocycles. The second-order valence-electron chi connectivity index (χ2n) is 6.15. The van der Waals surface area contributed by atoms with Crippen molar-refractivity contribution in [2.24, 2.45) is 5.73 Å². The number of nitrogens with two attached hydrogens (primary N) is 1. The van der Waals surface area contributed by atoms with Gasteiger partial charge < -0.3 is 25.1 Å². The van der Waals surface area contributed by atoms with Crippen molar-refractivity contribution in [3.8, 4) is 0 Å². The number of hydrogen-bond donors (Lipinski definition) is 2. The van der Waals surface area contributed by atoms with Crippen LogP contribution in [0.5, 0.6) is 0 Å². The summed E-state index contributed by atoms with van der Waals surface area (Å²) in [6.07, 6.45) is -1.40. The summed E-state index contributed by atoms with van der Waals surface area (Å²) in [5, 5.41) is 9.65. The van der Waals surface area contributed by atoms with Gasteiger partial charge in [-0.2, -0.15) is 0 Å². The molecule has 3 rings (SSSR count). The molecule has 0 aliphatic carbocycles. The molecule has 0 saturated carbocycles. The Kier molecular flexibility index (Phi) is 6.55. The lowest BCUT2D eigenvalue weighted by atomic mass is 10.1. The van der Waals surface area contributed by atoms with Crippen LogP contribution in [0.1, 0.15) is 11.1 Å². The van der Waals surface area contributed by atoms with Gasteiger partial charge in [0.2, 0.25) is 0 Å². The Hall–Kier alpha value is -1.76. The van der Waals surface area contributed by atoms with Crippen LogP contribution in [0.4, 0.5) is 0 Å². The van der Waals surface area contributed by atoms with Gasteiger partial charge >= 0.3 is 0 Å². The summed E-state index contributed by atoms with van der Waals surface area (Å²) in [6, 6.07) is 19.9. The molecule has 3 N–H and O–H groups in total. The van der Waals surface area contributed by atoms with Gasteiger partial charge in [0.1, 0.15) is 18.3 Å². The highest BCUT2D eigenvalue weighted by atomic mass is 16.6. The van der Waals surface area contributed by atoms with Gasteiger partial charge in [-0.25, -0.2) is 0 Å². The van der Waals surface area contributed by atoms with E-state index in [0.29, 0.717) is 19.8 Å². The summed E-state index contributed by atoms with van der Waals surface area (Å²) in [6.45, 7) is 1.09. The van der Waals surface area contributed by atoms with Gasteiger partial charge in [-0.3, -0.25) is 0 Å². The third kappa shape index (κ3) is 4.66. The van der Waals surface area contributed by atoms with Crippen molar-refractivity contribution in [1.82, 2.24) is 0 Å². The summed E-state index contributed by atoms with van der Waals surface area (Å²) >= 11 is 0. The van der Waals surface area contributed by atoms with Gasteiger partial charge in [-0.05, 0) is 11.1 Å². The molecular formula is C20H25NO4. The van der Waals surface area contributed by atoms with E-state index in [1.807, 2.05) is 60.7 Å². The van der Waals surface area contributed by atoms with E-state index in [9.17, 15) is 5.11 Å². The van der Waals surface area contributed by atoms with E-state index >= 15 is 0 Å². The molecule has 0 radical (unpaired) electrons. The molecule has 0 bridgehead atoms. The summed E-state index contributed by atoms with van der Waals surface area (Å²) in [5.74, 6) is 0. The largest absolute Gasteiger partial charge is 0.394 e. The fourth-order valence-electron chi connectivity index (χ4n) is 3.08. The minimum Gasteiger partial charge on any atom is -0.394 e. The Labute approximate surface area is 148 Å². The molecule has 0 aromatic heterocycles. The maximum atomic E-state index is 9.65. The van der Waals surface area contributed by atoms with E-state index in [2.05, 4.69) is 0 Å². The predicted octanol–water partition coefficient (Wildman–Crippen LogP) is 1.88. The van der Waals surface area contributed by atoms with Crippen molar-refractivity contribution >= 4 is 0 Å². The lowest BCUT2D eigenvalue weighted by Gasteiger charge is -2.24. The predicted molar refractivity (Wildman–Crippen MR) is 94.8 cm³/mol. The van der Waals surface area contributed by atoms with E-state index in [1.165, 1.54) is 0 Å². The molecular weight excluding hydrogens is 318 g/mol. The van der Waals surface area contributed by atoms with Crippen molar-refractivity contribution < 1.29 is 19.3 Å². The third-order valence-corrected chi connectivity index (χ3v) is 4.39. The maximum Gasteiger partial charge on any atom is 0.115 e. The summed E-state index contributed by atoms with van der Waals surface area (Å²) in [5.41, 5.74) is 7.98. The summed E-state index contributed by atoms with van der Waals surface area (Å²) in [7, 11) is 0. The number of aliphatic hydroxyl groups excluding tert-OH is 1. The van der Waals surface area contributed by atoms with E-state index < -0.39 is 6.10 Å². The van der Waals surface area contributed by atoms with Crippen molar-refractivity contribution in [2.45, 2.75) is 37.6 Å². The Balaban J connectivity index is 1.66. The Bertz CT molecular complexity index is 567. The molecule has 1 aliphatic heterocycles. The lowest BCUT2D eigenvalue weighted by molar-refractivity contribution is -0.0830. The number of ether oxygens (including phenoxy) is 3. The lowest BCUT2D eigenvalue weighted by Crippen LogP contribution is -2.40. The molecule has 1 heterocycles. The molecule has 134 valence electrons. The van der Waals surface area contributed by atoms with Crippen LogP contribution in [0.15, 0.2) is 60.7 Å². The first-order chi connectivity index (χ1) is 12.3. The van der Waals surface area contributed by atoms with Crippen LogP contribution in [0.25, 0.3) is 0 Å². The first kappa shape index (κ1) is 18.0. The standard InChI is InChI=1S/C20H25NO4/c21-11-17-19(23-13-15-7-3-1-4-8-15)20(18(12-22)25-17)24-14-16-9-5-2-6-10-16/h1-10,17-20,22H,11-14,21H2/t17-,18-,19+,20+/m0/s1. The van der Waals surface area contributed by atoms with E-state index in [4.69, 9.17) is 19.9 Å². The van der Waals surface area contributed by atoms with E-state index in [1.54, 1.807) is 0 Å². The monoisotopic (exact) mass is 343 g/mol. The van der Waals surface area contributed by atoms with Crippen LogP contribution in [-0.4, -0.2) is 42.7 Å². The van der Waals surface area contributed by atoms with Gasteiger partial charge in [0, 0.05) is 6.54 Å². The molecule has 1 fully saturated rings. The van der Waals surface area contributed by atoms with Gasteiger partial charge in [0.15, 0.2) is 0 Å². The van der Waals surface area contributed by atoms with E-state index in [0.717, 1.165) is 11.1 Å². The second kappa shape index (κ2) is 9.08. The molecule has 25 heavy (non-hydrogen) atoms. The number of benzene rings is 2. The number of aliphatic hydroxyl groups is 1. The van der Waals surface area contributed by atoms with Crippen molar-refractivity contribution in [1.29, 1.82) is 0 Å². The highest BCUT2D eigenvalue weighted by Crippen LogP contribution is 2.28. The maximum absolute atomic E-state index is 9.65. The highest BCUT2D eigenvalue weighted by molar-refractivity contribution is 5.14. The van der Waals surface area contributed by atoms with Crippen molar-refractivity contribution in [2.75, 3.05) is 13.2 Å². The van der Waals surface area contributed by atoms with Gasteiger partial charge in [0.25, 0.3) is 0 Å². The zero-order valence-electron chi connectivity index (χ0n) is 14.2. The van der Waals surface area contributed by atoms with E-state index in [-0.39, 0.29) is 24.9 Å². The molecule has 0 amide bonds. The van der Waals surface area contributed by atoms with Crippen LogP contribution in [0.3, 0.4) is 0 Å². The number of hydrogen-bond acceptors (Lipinski definition) is 5. The van der Waals surface area contributed by atoms with Gasteiger partial charge in [-0.1, -0.05) is 60.7 Å². The molecule has 5 nitrogen and oxygen atoms in total. The smallest absolute Gasteiger partial charge is 0.115 e. The highest BCUT2D eigenvalue weighted by Gasteiger charge is 2.45. The van der Waals surface area contributed by atoms with Crippen LogP contribution < -0.4 is 5.73 Å². The van der Waals surface area contributed by atoms with Crippen molar-refractivity contribution in [3.63, 3.8) is 0 Å². The number of rotatable bonds is 8. The fourth-order valence-corrected chi connectivity index (χ4v) is 3.08.